The van der Waals surface area contributed by atoms with E-state index in [2.05, 4.69) is 15.0 Å². The third-order valence-electron chi connectivity index (χ3n) is 4.43. The maximum absolute atomic E-state index is 10.1. The van der Waals surface area contributed by atoms with Crippen LogP contribution in [0.25, 0.3) is 23.3 Å². The minimum atomic E-state index is -0.757. The number of benzene rings is 1. The van der Waals surface area contributed by atoms with Crippen LogP contribution >= 0.6 is 0 Å². The van der Waals surface area contributed by atoms with Crippen LogP contribution < -0.4 is 5.73 Å². The number of imidazole rings is 1. The van der Waals surface area contributed by atoms with Crippen molar-refractivity contribution in [2.75, 3.05) is 12.3 Å². The van der Waals surface area contributed by atoms with Crippen molar-refractivity contribution in [1.29, 1.82) is 0 Å². The molecule has 0 radical (unpaired) electrons. The zero-order valence-corrected chi connectivity index (χ0v) is 13.9. The second kappa shape index (κ2) is 6.83. The van der Waals surface area contributed by atoms with Gasteiger partial charge in [-0.3, -0.25) is 4.57 Å². The maximum atomic E-state index is 10.1. The molecule has 1 aromatic carbocycles. The first kappa shape index (κ1) is 16.6. The molecule has 0 unspecified atom stereocenters. The molecule has 3 atom stereocenters. The first-order valence-electron chi connectivity index (χ1n) is 8.33. The molecule has 4 rings (SSSR count). The molecular formula is C18H19N5O3. The molecule has 0 bridgehead atoms. The fourth-order valence-electron chi connectivity index (χ4n) is 3.12. The van der Waals surface area contributed by atoms with Gasteiger partial charge in [0, 0.05) is 6.42 Å². The van der Waals surface area contributed by atoms with Crippen LogP contribution in [0.2, 0.25) is 0 Å². The number of nitrogens with two attached hydrogens (primary N) is 1. The summed E-state index contributed by atoms with van der Waals surface area (Å²) < 4.78 is 7.58. The molecule has 3 heterocycles. The quantitative estimate of drug-likeness (QED) is 0.645. The second-order valence-electron chi connectivity index (χ2n) is 6.13. The fourth-order valence-corrected chi connectivity index (χ4v) is 3.12. The summed E-state index contributed by atoms with van der Waals surface area (Å²) in [6, 6.07) is 9.82. The van der Waals surface area contributed by atoms with E-state index in [1.54, 1.807) is 4.57 Å². The number of hydrogen-bond acceptors (Lipinski definition) is 7. The predicted molar refractivity (Wildman–Crippen MR) is 96.7 cm³/mol. The first-order chi connectivity index (χ1) is 12.7. The third-order valence-corrected chi connectivity index (χ3v) is 4.43. The number of rotatable bonds is 4. The summed E-state index contributed by atoms with van der Waals surface area (Å²) in [6.07, 6.45) is 3.57. The molecule has 0 amide bonds. The molecule has 1 aliphatic heterocycles. The molecule has 0 aliphatic carbocycles. The van der Waals surface area contributed by atoms with Crippen molar-refractivity contribution in [2.24, 2.45) is 0 Å². The van der Waals surface area contributed by atoms with Crippen LogP contribution in [0.15, 0.2) is 36.7 Å². The summed E-state index contributed by atoms with van der Waals surface area (Å²) in [4.78, 5) is 12.8. The van der Waals surface area contributed by atoms with Gasteiger partial charge in [-0.1, -0.05) is 36.4 Å². The van der Waals surface area contributed by atoms with Crippen LogP contribution in [-0.2, 0) is 4.74 Å². The number of nitrogen functional groups attached to an aromatic ring is 1. The van der Waals surface area contributed by atoms with Crippen LogP contribution in [0.4, 0.5) is 5.82 Å². The zero-order valence-electron chi connectivity index (χ0n) is 13.9. The van der Waals surface area contributed by atoms with Gasteiger partial charge in [-0.15, -0.1) is 0 Å². The molecule has 1 saturated heterocycles. The normalized spacial score (nSPS) is 23.2. The zero-order chi connectivity index (χ0) is 18.1. The van der Waals surface area contributed by atoms with Gasteiger partial charge in [0.2, 0.25) is 0 Å². The molecule has 2 aromatic heterocycles. The van der Waals surface area contributed by atoms with E-state index in [9.17, 15) is 10.2 Å². The van der Waals surface area contributed by atoms with Crippen molar-refractivity contribution < 1.29 is 14.9 Å². The Hall–Kier alpha value is -2.81. The van der Waals surface area contributed by atoms with Gasteiger partial charge in [0.25, 0.3) is 0 Å². The van der Waals surface area contributed by atoms with Crippen molar-refractivity contribution in [3.8, 4) is 0 Å². The molecule has 8 heteroatoms. The number of aliphatic hydroxyl groups is 2. The van der Waals surface area contributed by atoms with E-state index >= 15 is 0 Å². The van der Waals surface area contributed by atoms with Gasteiger partial charge < -0.3 is 20.7 Å². The molecule has 134 valence electrons. The number of aromatic nitrogens is 4. The van der Waals surface area contributed by atoms with Gasteiger partial charge in [-0.2, -0.15) is 0 Å². The number of fused-ring (bicyclic) bond motifs is 1. The number of ether oxygens (including phenoxy) is 1. The maximum Gasteiger partial charge on any atom is 0.168 e. The summed E-state index contributed by atoms with van der Waals surface area (Å²) in [5, 5.41) is 19.5. The van der Waals surface area contributed by atoms with Crippen molar-refractivity contribution in [3.63, 3.8) is 0 Å². The van der Waals surface area contributed by atoms with Gasteiger partial charge in [-0.25, -0.2) is 15.0 Å². The van der Waals surface area contributed by atoms with Crippen LogP contribution in [-0.4, -0.2) is 48.5 Å². The van der Waals surface area contributed by atoms with Gasteiger partial charge >= 0.3 is 0 Å². The molecule has 4 N–H and O–H groups in total. The Bertz CT molecular complexity index is 941. The van der Waals surface area contributed by atoms with Crippen molar-refractivity contribution in [1.82, 2.24) is 19.5 Å². The second-order valence-corrected chi connectivity index (χ2v) is 6.13. The molecular weight excluding hydrogens is 334 g/mol. The minimum absolute atomic E-state index is 0.253. The summed E-state index contributed by atoms with van der Waals surface area (Å²) in [5.74, 6) is 0.868. The van der Waals surface area contributed by atoms with Gasteiger partial charge in [0.1, 0.15) is 24.5 Å². The van der Waals surface area contributed by atoms with E-state index in [-0.39, 0.29) is 12.4 Å². The predicted octanol–water partition coefficient (Wildman–Crippen LogP) is 1.22. The number of anilines is 1. The molecule has 1 aliphatic rings. The van der Waals surface area contributed by atoms with Crippen LogP contribution in [0.3, 0.4) is 0 Å². The van der Waals surface area contributed by atoms with Gasteiger partial charge in [-0.05, 0) is 11.6 Å². The molecule has 0 spiro atoms. The highest BCUT2D eigenvalue weighted by molar-refractivity contribution is 5.84. The smallest absolute Gasteiger partial charge is 0.168 e. The summed E-state index contributed by atoms with van der Waals surface area (Å²) in [7, 11) is 0. The first-order valence-corrected chi connectivity index (χ1v) is 8.33. The Morgan fingerprint density at radius 1 is 1.23 bits per heavy atom. The van der Waals surface area contributed by atoms with Crippen molar-refractivity contribution >= 4 is 29.1 Å². The van der Waals surface area contributed by atoms with Gasteiger partial charge in [0.05, 0.1) is 12.7 Å². The molecule has 8 nitrogen and oxygen atoms in total. The minimum Gasteiger partial charge on any atom is -0.394 e. The number of hydrogen-bond donors (Lipinski definition) is 3. The Balaban J connectivity index is 1.79. The third kappa shape index (κ3) is 2.94. The van der Waals surface area contributed by atoms with Crippen LogP contribution in [0.5, 0.6) is 0 Å². The highest BCUT2D eigenvalue weighted by Gasteiger charge is 2.36. The van der Waals surface area contributed by atoms with E-state index in [1.807, 2.05) is 42.5 Å². The average molecular weight is 353 g/mol. The Labute approximate surface area is 149 Å². The van der Waals surface area contributed by atoms with E-state index in [0.29, 0.717) is 23.4 Å². The SMILES string of the molecule is Nc1ncnc2c1nc(C=Cc1ccccc1)n2[C@H]1C[C@H](O)[C@@H](CO)O1. The fraction of sp³-hybridized carbons (Fsp3) is 0.278. The highest BCUT2D eigenvalue weighted by Crippen LogP contribution is 2.33. The van der Waals surface area contributed by atoms with E-state index < -0.39 is 18.4 Å². The standard InChI is InChI=1S/C18H19N5O3/c19-17-16-18(21-10-20-17)23(15-8-12(25)13(9-24)26-15)14(22-16)7-6-11-4-2-1-3-5-11/h1-7,10,12-13,15,24-25H,8-9H2,(H2,19,20,21)/t12-,13+,15+/m0/s1. The molecule has 26 heavy (non-hydrogen) atoms. The van der Waals surface area contributed by atoms with E-state index in [4.69, 9.17) is 10.5 Å². The Kier molecular flexibility index (Phi) is 4.37. The van der Waals surface area contributed by atoms with Crippen LogP contribution in [0, 0.1) is 0 Å². The molecule has 1 fully saturated rings. The lowest BCUT2D eigenvalue weighted by Gasteiger charge is -2.15. The van der Waals surface area contributed by atoms with Crippen LogP contribution in [0.1, 0.15) is 24.0 Å². The summed E-state index contributed by atoms with van der Waals surface area (Å²) in [5.41, 5.74) is 7.97. The number of aliphatic hydroxyl groups excluding tert-OH is 2. The van der Waals surface area contributed by atoms with Gasteiger partial charge in [0.15, 0.2) is 17.0 Å². The van der Waals surface area contributed by atoms with Crippen molar-refractivity contribution in [2.45, 2.75) is 24.9 Å². The number of nitrogens with zero attached hydrogens (tertiary/aromatic N) is 4. The molecule has 3 aromatic rings. The lowest BCUT2D eigenvalue weighted by molar-refractivity contribution is -0.0434. The Morgan fingerprint density at radius 2 is 2.04 bits per heavy atom. The van der Waals surface area contributed by atoms with Crippen molar-refractivity contribution in [3.05, 3.63) is 48.0 Å². The van der Waals surface area contributed by atoms with E-state index in [0.717, 1.165) is 5.56 Å². The Morgan fingerprint density at radius 3 is 2.77 bits per heavy atom. The monoisotopic (exact) mass is 353 g/mol. The average Bonchev–Trinajstić information content (AvgIpc) is 3.21. The topological polar surface area (TPSA) is 119 Å². The summed E-state index contributed by atoms with van der Waals surface area (Å²) >= 11 is 0. The summed E-state index contributed by atoms with van der Waals surface area (Å²) in [6.45, 7) is -0.253. The molecule has 0 saturated carbocycles. The lowest BCUT2D eigenvalue weighted by atomic mass is 10.2. The van der Waals surface area contributed by atoms with E-state index in [1.165, 1.54) is 6.33 Å². The largest absolute Gasteiger partial charge is 0.394 e. The highest BCUT2D eigenvalue weighted by atomic mass is 16.5. The lowest BCUT2D eigenvalue weighted by Crippen LogP contribution is -2.24.